The molecule has 0 aromatic heterocycles. The smallest absolute Gasteiger partial charge is 0.462 e. The fourth-order valence-electron chi connectivity index (χ4n) is 8.79. The number of aliphatic hydroxyl groups excluding tert-OH is 1. The average Bonchev–Trinajstić information content (AvgIpc) is 3.47. The van der Waals surface area contributed by atoms with Gasteiger partial charge in [0.05, 0.1) is 19.8 Å². The van der Waals surface area contributed by atoms with Crippen molar-refractivity contribution in [3.63, 3.8) is 0 Å². The number of aliphatic hydroxyl groups is 1. The Kier molecular flexibility index (Phi) is 60.2. The van der Waals surface area contributed by atoms with Crippen molar-refractivity contribution in [1.29, 1.82) is 0 Å². The van der Waals surface area contributed by atoms with Gasteiger partial charge in [-0.2, -0.15) is 0 Å². The van der Waals surface area contributed by atoms with E-state index in [4.69, 9.17) is 23.3 Å². The van der Waals surface area contributed by atoms with Crippen LogP contribution in [0.5, 0.6) is 0 Å². The molecular weight excluding hydrogens is 1050 g/mol. The molecule has 0 amide bonds. The van der Waals surface area contributed by atoms with Crippen molar-refractivity contribution < 1.29 is 52.2 Å². The minimum absolute atomic E-state index is 0.139. The summed E-state index contributed by atoms with van der Waals surface area (Å²) in [5.74, 6) is -1.52. The Bertz CT molecular complexity index is 1790. The highest BCUT2D eigenvalue weighted by molar-refractivity contribution is 7.47. The maximum atomic E-state index is 13.0. The second kappa shape index (κ2) is 63.2. The van der Waals surface area contributed by atoms with Gasteiger partial charge in [0.15, 0.2) is 6.10 Å². The predicted molar refractivity (Wildman–Crippen MR) is 343 cm³/mol. The first-order valence-electron chi connectivity index (χ1n) is 32.8. The predicted octanol–water partition coefficient (Wildman–Crippen LogP) is 20.1. The molecule has 0 bridgehead atoms. The second-order valence-electron chi connectivity index (χ2n) is 21.5. The van der Waals surface area contributed by atoms with E-state index in [0.717, 1.165) is 135 Å². The molecule has 2 N–H and O–H groups in total. The summed E-state index contributed by atoms with van der Waals surface area (Å²) in [5, 5.41) is 9.87. The Hall–Kier alpha value is -3.86. The van der Waals surface area contributed by atoms with Gasteiger partial charge in [-0.05, 0) is 103 Å². The third-order valence-corrected chi connectivity index (χ3v) is 14.6. The van der Waals surface area contributed by atoms with Crippen LogP contribution in [0.15, 0.2) is 109 Å². The van der Waals surface area contributed by atoms with E-state index in [1.54, 1.807) is 0 Å². The number of hydrogen-bond acceptors (Lipinski definition) is 10. The summed E-state index contributed by atoms with van der Waals surface area (Å²) in [6.45, 7) is 4.40. The van der Waals surface area contributed by atoms with Crippen LogP contribution in [-0.2, 0) is 42.2 Å². The van der Waals surface area contributed by atoms with E-state index < -0.39 is 57.8 Å². The molecule has 3 atom stereocenters. The van der Waals surface area contributed by atoms with Crippen LogP contribution >= 0.6 is 7.82 Å². The molecular formula is C70H119O11P. The summed E-state index contributed by atoms with van der Waals surface area (Å²) in [7, 11) is -4.77. The molecule has 0 aliphatic carbocycles. The molecule has 0 saturated carbocycles. The van der Waals surface area contributed by atoms with Crippen LogP contribution in [0.25, 0.3) is 0 Å². The van der Waals surface area contributed by atoms with Gasteiger partial charge in [-0.3, -0.25) is 23.4 Å². The molecule has 3 unspecified atom stereocenters. The number of hydrogen-bond donors (Lipinski definition) is 2. The molecule has 0 saturated heterocycles. The Labute approximate surface area is 501 Å². The van der Waals surface area contributed by atoms with Crippen LogP contribution in [0.1, 0.15) is 278 Å². The van der Waals surface area contributed by atoms with Crippen LogP contribution in [0.2, 0.25) is 0 Å². The van der Waals surface area contributed by atoms with Gasteiger partial charge in [-0.25, -0.2) is 4.57 Å². The summed E-state index contributed by atoms with van der Waals surface area (Å²) >= 11 is 0. The molecule has 0 heterocycles. The molecule has 12 heteroatoms. The van der Waals surface area contributed by atoms with E-state index in [2.05, 4.69) is 130 Å². The number of carbonyl (C=O) groups excluding carboxylic acids is 3. The van der Waals surface area contributed by atoms with Crippen molar-refractivity contribution in [3.05, 3.63) is 109 Å². The number of esters is 3. The van der Waals surface area contributed by atoms with Crippen LogP contribution in [0.3, 0.4) is 0 Å². The normalized spacial score (nSPS) is 14.0. The van der Waals surface area contributed by atoms with Gasteiger partial charge < -0.3 is 24.2 Å². The topological polar surface area (TPSA) is 155 Å². The highest BCUT2D eigenvalue weighted by Gasteiger charge is 2.28. The Morgan fingerprint density at radius 2 is 0.634 bits per heavy atom. The number of ether oxygens (including phenoxy) is 3. The maximum absolute atomic E-state index is 13.0. The molecule has 0 rings (SSSR count). The zero-order valence-corrected chi connectivity index (χ0v) is 53.1. The number of carbonyl (C=O) groups is 3. The lowest BCUT2D eigenvalue weighted by Gasteiger charge is -2.21. The lowest BCUT2D eigenvalue weighted by Crippen LogP contribution is -2.30. The SMILES string of the molecule is CC/C=C\C/C=C\C/C=C\C/C=C\C/C=C\CCCCCC(=O)OCC(COP(=O)(O)OCC(CO)OC(=O)CCCCCCCCCCCCCCCCCCC)OC(=O)CCCCCCCC/C=C\C/C=C\C/C=C\C/C=C\CC. The molecule has 82 heavy (non-hydrogen) atoms. The van der Waals surface area contributed by atoms with E-state index in [0.29, 0.717) is 19.3 Å². The van der Waals surface area contributed by atoms with E-state index in [-0.39, 0.29) is 25.9 Å². The van der Waals surface area contributed by atoms with E-state index in [1.807, 2.05) is 0 Å². The van der Waals surface area contributed by atoms with Crippen LogP contribution in [-0.4, -0.2) is 66.5 Å². The summed E-state index contributed by atoms with van der Waals surface area (Å²) in [6.07, 6.45) is 77.5. The molecule has 11 nitrogen and oxygen atoms in total. The molecule has 0 fully saturated rings. The monoisotopic (exact) mass is 1170 g/mol. The van der Waals surface area contributed by atoms with Gasteiger partial charge in [0, 0.05) is 19.3 Å². The van der Waals surface area contributed by atoms with Crippen molar-refractivity contribution in [2.24, 2.45) is 0 Å². The molecule has 470 valence electrons. The van der Waals surface area contributed by atoms with Crippen molar-refractivity contribution in [2.45, 2.75) is 290 Å². The third-order valence-electron chi connectivity index (χ3n) is 13.7. The lowest BCUT2D eigenvalue weighted by molar-refractivity contribution is -0.161. The first-order valence-corrected chi connectivity index (χ1v) is 34.3. The van der Waals surface area contributed by atoms with Crippen molar-refractivity contribution in [1.82, 2.24) is 0 Å². The van der Waals surface area contributed by atoms with Crippen molar-refractivity contribution in [2.75, 3.05) is 26.4 Å². The summed E-state index contributed by atoms with van der Waals surface area (Å²) in [4.78, 5) is 48.8. The van der Waals surface area contributed by atoms with Gasteiger partial charge >= 0.3 is 25.7 Å². The lowest BCUT2D eigenvalue weighted by atomic mass is 10.0. The van der Waals surface area contributed by atoms with Gasteiger partial charge in [0.25, 0.3) is 0 Å². The van der Waals surface area contributed by atoms with Crippen molar-refractivity contribution >= 4 is 25.7 Å². The summed E-state index contributed by atoms with van der Waals surface area (Å²) < 4.78 is 39.7. The highest BCUT2D eigenvalue weighted by Crippen LogP contribution is 2.43. The van der Waals surface area contributed by atoms with E-state index in [1.165, 1.54) is 83.5 Å². The first-order chi connectivity index (χ1) is 40.2. The molecule has 0 aromatic rings. The zero-order chi connectivity index (χ0) is 59.8. The minimum atomic E-state index is -4.77. The fourth-order valence-corrected chi connectivity index (χ4v) is 9.57. The minimum Gasteiger partial charge on any atom is -0.462 e. The molecule has 0 radical (unpaired) electrons. The number of phosphoric ester groups is 1. The molecule has 0 aliphatic heterocycles. The maximum Gasteiger partial charge on any atom is 0.472 e. The van der Waals surface area contributed by atoms with E-state index >= 15 is 0 Å². The fraction of sp³-hybridized carbons (Fsp3) is 0.700. The van der Waals surface area contributed by atoms with Crippen molar-refractivity contribution in [3.8, 4) is 0 Å². The number of unbranched alkanes of at least 4 members (excludes halogenated alkanes) is 25. The Morgan fingerprint density at radius 3 is 0.988 bits per heavy atom. The summed E-state index contributed by atoms with van der Waals surface area (Å²) in [5.41, 5.74) is 0. The third kappa shape index (κ3) is 60.7. The largest absolute Gasteiger partial charge is 0.472 e. The van der Waals surface area contributed by atoms with Crippen LogP contribution in [0.4, 0.5) is 0 Å². The molecule has 0 spiro atoms. The highest BCUT2D eigenvalue weighted by atomic mass is 31.2. The second-order valence-corrected chi connectivity index (χ2v) is 23.0. The van der Waals surface area contributed by atoms with Gasteiger partial charge in [-0.15, -0.1) is 0 Å². The Morgan fingerprint density at radius 1 is 0.354 bits per heavy atom. The quantitative estimate of drug-likeness (QED) is 0.0197. The first kappa shape index (κ1) is 78.1. The number of phosphoric acid groups is 1. The van der Waals surface area contributed by atoms with Gasteiger partial charge in [0.2, 0.25) is 0 Å². The Balaban J connectivity index is 4.77. The number of rotatable bonds is 60. The van der Waals surface area contributed by atoms with Crippen LogP contribution in [0, 0.1) is 0 Å². The molecule has 0 aliphatic rings. The standard InChI is InChI=1S/C70H119O11P/c1-4-7-10-13-16-19-22-25-28-31-33-36-38-41-44-47-50-53-56-59-68(72)77-63-67(81-70(74)61-58-55-52-49-46-43-40-37-34-32-29-26-23-20-17-14-11-8-5-2)65-79-82(75,76)78-64-66(62-71)80-69(73)60-57-54-51-48-45-42-39-35-30-27-24-21-18-15-12-9-6-3/h7-8,10-11,16-17,19-20,25-26,28-29,33-34,36-37,41,44,66-67,71H,4-6,9,12-15,18,21-24,27,30-32,35,38-40,42-43,45-65H2,1-3H3,(H,75,76)/b10-7-,11-8-,19-16-,20-17-,28-25-,29-26-,36-33-,37-34-,44-41-. The van der Waals surface area contributed by atoms with Gasteiger partial charge in [-0.1, -0.05) is 265 Å². The summed E-state index contributed by atoms with van der Waals surface area (Å²) in [6, 6.07) is 0. The zero-order valence-electron chi connectivity index (χ0n) is 52.2. The molecule has 0 aromatic carbocycles. The average molecular weight is 1170 g/mol. The van der Waals surface area contributed by atoms with Gasteiger partial charge in [0.1, 0.15) is 12.7 Å². The van der Waals surface area contributed by atoms with E-state index in [9.17, 15) is 28.9 Å². The number of allylic oxidation sites excluding steroid dienone is 18. The van der Waals surface area contributed by atoms with Crippen LogP contribution < -0.4 is 0 Å².